The predicted molar refractivity (Wildman–Crippen MR) is 97.0 cm³/mol. The normalized spacial score (nSPS) is 24.7. The summed E-state index contributed by atoms with van der Waals surface area (Å²) in [6.07, 6.45) is 1.58. The number of fused-ring (bicyclic) bond motifs is 1. The lowest BCUT2D eigenvalue weighted by Crippen LogP contribution is -2.33. The number of hydrogen-bond acceptors (Lipinski definition) is 4. The summed E-state index contributed by atoms with van der Waals surface area (Å²) in [5.74, 6) is 0.909. The summed E-state index contributed by atoms with van der Waals surface area (Å²) in [6.45, 7) is 6.08. The Labute approximate surface area is 153 Å². The summed E-state index contributed by atoms with van der Waals surface area (Å²) >= 11 is 0. The van der Waals surface area contributed by atoms with Crippen molar-refractivity contribution in [1.29, 1.82) is 0 Å². The second-order valence-electron chi connectivity index (χ2n) is 7.57. The summed E-state index contributed by atoms with van der Waals surface area (Å²) in [4.78, 5) is 14.9. The van der Waals surface area contributed by atoms with Crippen molar-refractivity contribution in [2.45, 2.75) is 45.6 Å². The van der Waals surface area contributed by atoms with Crippen molar-refractivity contribution >= 4 is 5.91 Å². The monoisotopic (exact) mass is 355 g/mol. The minimum Gasteiger partial charge on any atom is -0.501 e. The van der Waals surface area contributed by atoms with Gasteiger partial charge in [-0.05, 0) is 34.3 Å². The SMILES string of the molecule is COC1=C(C(C)C)C=C(C(=O)N2Cc3ccc(C4CO4)cc3C2)C(O)C1. The van der Waals surface area contributed by atoms with Crippen LogP contribution in [0.2, 0.25) is 0 Å². The van der Waals surface area contributed by atoms with E-state index >= 15 is 0 Å². The summed E-state index contributed by atoms with van der Waals surface area (Å²) in [5, 5.41) is 10.5. The molecule has 2 heterocycles. The Bertz CT molecular complexity index is 804. The van der Waals surface area contributed by atoms with Gasteiger partial charge in [-0.25, -0.2) is 0 Å². The Kier molecular flexibility index (Phi) is 4.37. The summed E-state index contributed by atoms with van der Waals surface area (Å²) in [6, 6.07) is 6.33. The number of nitrogens with zero attached hydrogens (tertiary/aromatic N) is 1. The number of benzene rings is 1. The predicted octanol–water partition coefficient (Wildman–Crippen LogP) is 2.85. The number of epoxide rings is 1. The van der Waals surface area contributed by atoms with Crippen LogP contribution in [0.15, 0.2) is 41.2 Å². The molecule has 2 aliphatic heterocycles. The van der Waals surface area contributed by atoms with Crippen LogP contribution in [0.4, 0.5) is 0 Å². The molecule has 138 valence electrons. The minimum atomic E-state index is -0.820. The van der Waals surface area contributed by atoms with E-state index in [1.807, 2.05) is 11.0 Å². The molecule has 0 saturated carbocycles. The van der Waals surface area contributed by atoms with Crippen LogP contribution in [0.25, 0.3) is 0 Å². The van der Waals surface area contributed by atoms with Crippen molar-refractivity contribution < 1.29 is 19.4 Å². The van der Waals surface area contributed by atoms with Crippen molar-refractivity contribution in [3.05, 3.63) is 57.9 Å². The van der Waals surface area contributed by atoms with Gasteiger partial charge in [-0.3, -0.25) is 4.79 Å². The van der Waals surface area contributed by atoms with Crippen LogP contribution < -0.4 is 0 Å². The van der Waals surface area contributed by atoms with Gasteiger partial charge in [0, 0.05) is 25.1 Å². The van der Waals surface area contributed by atoms with E-state index in [-0.39, 0.29) is 17.9 Å². The molecule has 26 heavy (non-hydrogen) atoms. The molecule has 5 nitrogen and oxygen atoms in total. The lowest BCUT2D eigenvalue weighted by atomic mass is 9.88. The van der Waals surface area contributed by atoms with Gasteiger partial charge in [0.25, 0.3) is 5.91 Å². The van der Waals surface area contributed by atoms with Crippen LogP contribution in [0.5, 0.6) is 0 Å². The molecule has 0 aromatic heterocycles. The topological polar surface area (TPSA) is 62.3 Å². The maximum atomic E-state index is 13.1. The van der Waals surface area contributed by atoms with Crippen molar-refractivity contribution in [2.24, 2.45) is 5.92 Å². The second kappa shape index (κ2) is 6.56. The zero-order valence-corrected chi connectivity index (χ0v) is 15.5. The number of hydrogen-bond donors (Lipinski definition) is 1. The van der Waals surface area contributed by atoms with Crippen molar-refractivity contribution in [3.63, 3.8) is 0 Å². The molecule has 4 rings (SSSR count). The van der Waals surface area contributed by atoms with Gasteiger partial charge < -0.3 is 19.5 Å². The van der Waals surface area contributed by atoms with Crippen molar-refractivity contribution in [2.75, 3.05) is 13.7 Å². The highest BCUT2D eigenvalue weighted by Gasteiger charge is 2.33. The summed E-state index contributed by atoms with van der Waals surface area (Å²) < 4.78 is 10.8. The molecule has 0 bridgehead atoms. The zero-order valence-electron chi connectivity index (χ0n) is 15.5. The van der Waals surface area contributed by atoms with Gasteiger partial charge in [0.1, 0.15) is 11.9 Å². The molecule has 1 fully saturated rings. The molecule has 1 aromatic carbocycles. The number of methoxy groups -OCH3 is 1. The minimum absolute atomic E-state index is 0.0915. The highest BCUT2D eigenvalue weighted by atomic mass is 16.6. The quantitative estimate of drug-likeness (QED) is 0.844. The Morgan fingerprint density at radius 3 is 2.69 bits per heavy atom. The molecule has 1 amide bonds. The van der Waals surface area contributed by atoms with Gasteiger partial charge in [0.05, 0.1) is 19.8 Å². The van der Waals surface area contributed by atoms with Crippen LogP contribution >= 0.6 is 0 Å². The van der Waals surface area contributed by atoms with Crippen LogP contribution in [0.1, 0.15) is 43.1 Å². The van der Waals surface area contributed by atoms with Crippen LogP contribution in [0.3, 0.4) is 0 Å². The molecule has 2 atom stereocenters. The first-order chi connectivity index (χ1) is 12.5. The first kappa shape index (κ1) is 17.3. The molecule has 1 N–H and O–H groups in total. The van der Waals surface area contributed by atoms with E-state index in [9.17, 15) is 9.90 Å². The molecular weight excluding hydrogens is 330 g/mol. The smallest absolute Gasteiger partial charge is 0.253 e. The van der Waals surface area contributed by atoms with E-state index in [4.69, 9.17) is 9.47 Å². The van der Waals surface area contributed by atoms with Crippen molar-refractivity contribution in [1.82, 2.24) is 4.90 Å². The van der Waals surface area contributed by atoms with E-state index in [2.05, 4.69) is 32.0 Å². The number of amides is 1. The molecule has 0 radical (unpaired) electrons. The van der Waals surface area contributed by atoms with Crippen molar-refractivity contribution in [3.8, 4) is 0 Å². The molecular formula is C21H25NO4. The van der Waals surface area contributed by atoms with Gasteiger partial charge in [-0.2, -0.15) is 0 Å². The number of aliphatic hydroxyl groups is 1. The molecule has 1 aromatic rings. The van der Waals surface area contributed by atoms with Crippen LogP contribution in [-0.4, -0.2) is 35.7 Å². The fraction of sp³-hybridized carbons (Fsp3) is 0.476. The fourth-order valence-electron chi connectivity index (χ4n) is 3.82. The molecule has 1 saturated heterocycles. The van der Waals surface area contributed by atoms with Gasteiger partial charge in [0.15, 0.2) is 0 Å². The maximum Gasteiger partial charge on any atom is 0.253 e. The number of ether oxygens (including phenoxy) is 2. The van der Waals surface area contributed by atoms with E-state index in [1.165, 1.54) is 16.7 Å². The number of aliphatic hydroxyl groups excluding tert-OH is 1. The van der Waals surface area contributed by atoms with Gasteiger partial charge in [-0.1, -0.05) is 32.0 Å². The van der Waals surface area contributed by atoms with Crippen LogP contribution in [-0.2, 0) is 27.4 Å². The molecule has 1 aliphatic carbocycles. The lowest BCUT2D eigenvalue weighted by molar-refractivity contribution is -0.128. The van der Waals surface area contributed by atoms with E-state index < -0.39 is 6.10 Å². The number of allylic oxidation sites excluding steroid dienone is 2. The highest BCUT2D eigenvalue weighted by molar-refractivity contribution is 5.95. The third-order valence-electron chi connectivity index (χ3n) is 5.43. The largest absolute Gasteiger partial charge is 0.501 e. The standard InChI is InChI=1S/C21H25NO4/c1-12(2)16-7-17(18(23)8-19(16)25-3)21(24)22-9-14-5-4-13(20-11-26-20)6-15(14)10-22/h4-7,12,18,20,23H,8-11H2,1-3H3. The average molecular weight is 355 g/mol. The molecule has 0 spiro atoms. The first-order valence-corrected chi connectivity index (χ1v) is 9.17. The van der Waals surface area contributed by atoms with E-state index in [0.717, 1.165) is 17.9 Å². The number of carbonyl (C=O) groups is 1. The number of rotatable bonds is 4. The third-order valence-corrected chi connectivity index (χ3v) is 5.43. The van der Waals surface area contributed by atoms with Gasteiger partial charge in [0.2, 0.25) is 0 Å². The number of carbonyl (C=O) groups excluding carboxylic acids is 1. The Balaban J connectivity index is 1.57. The Hall–Kier alpha value is -2.11. The lowest BCUT2D eigenvalue weighted by Gasteiger charge is -2.27. The fourth-order valence-corrected chi connectivity index (χ4v) is 3.82. The molecule has 2 unspecified atom stereocenters. The maximum absolute atomic E-state index is 13.1. The average Bonchev–Trinajstić information content (AvgIpc) is 3.39. The van der Waals surface area contributed by atoms with E-state index in [0.29, 0.717) is 25.1 Å². The molecule has 3 aliphatic rings. The Morgan fingerprint density at radius 1 is 1.31 bits per heavy atom. The van der Waals surface area contributed by atoms with Crippen LogP contribution in [0, 0.1) is 5.92 Å². The highest BCUT2D eigenvalue weighted by Crippen LogP contribution is 2.35. The summed E-state index contributed by atoms with van der Waals surface area (Å²) in [5.41, 5.74) is 4.99. The zero-order chi connectivity index (χ0) is 18.4. The van der Waals surface area contributed by atoms with Gasteiger partial charge >= 0.3 is 0 Å². The molecule has 5 heteroatoms. The Morgan fingerprint density at radius 2 is 2.04 bits per heavy atom. The van der Waals surface area contributed by atoms with E-state index in [1.54, 1.807) is 7.11 Å². The van der Waals surface area contributed by atoms with Gasteiger partial charge in [-0.15, -0.1) is 0 Å². The first-order valence-electron chi connectivity index (χ1n) is 9.17. The third kappa shape index (κ3) is 3.06. The second-order valence-corrected chi connectivity index (χ2v) is 7.57. The summed E-state index contributed by atoms with van der Waals surface area (Å²) in [7, 11) is 1.61.